The highest BCUT2D eigenvalue weighted by atomic mass is 35.5. The van der Waals surface area contributed by atoms with Crippen LogP contribution in [-0.4, -0.2) is 34.7 Å². The van der Waals surface area contributed by atoms with Crippen LogP contribution in [0.1, 0.15) is 47.9 Å². The van der Waals surface area contributed by atoms with E-state index in [1.165, 1.54) is 12.1 Å². The van der Waals surface area contributed by atoms with E-state index in [2.05, 4.69) is 5.32 Å². The standard InChI is InChI=1S/C15H17ClN2O3/c1-15(2,3)17-12(19)6-7-18-13(20)10-5-4-9(16)8-11(10)14(18)21/h4-5,8H,6-7H2,1-3H3,(H,17,19). The predicted molar refractivity (Wildman–Crippen MR) is 79.3 cm³/mol. The van der Waals surface area contributed by atoms with Gasteiger partial charge in [0.2, 0.25) is 5.91 Å². The number of fused-ring (bicyclic) bond motifs is 1. The molecule has 1 aromatic rings. The van der Waals surface area contributed by atoms with Crippen molar-refractivity contribution in [3.8, 4) is 0 Å². The molecule has 0 spiro atoms. The topological polar surface area (TPSA) is 66.5 Å². The lowest BCUT2D eigenvalue weighted by molar-refractivity contribution is -0.122. The van der Waals surface area contributed by atoms with Gasteiger partial charge in [0.05, 0.1) is 11.1 Å². The Balaban J connectivity index is 2.05. The van der Waals surface area contributed by atoms with Crippen LogP contribution < -0.4 is 5.32 Å². The number of nitrogens with one attached hydrogen (secondary N) is 1. The highest BCUT2D eigenvalue weighted by Crippen LogP contribution is 2.25. The van der Waals surface area contributed by atoms with Gasteiger partial charge in [0, 0.05) is 23.5 Å². The molecule has 0 radical (unpaired) electrons. The number of hydrogen-bond donors (Lipinski definition) is 1. The van der Waals surface area contributed by atoms with Crippen molar-refractivity contribution in [2.45, 2.75) is 32.7 Å². The fourth-order valence-corrected chi connectivity index (χ4v) is 2.33. The summed E-state index contributed by atoms with van der Waals surface area (Å²) in [6.45, 7) is 5.67. The molecule has 0 saturated heterocycles. The number of benzene rings is 1. The summed E-state index contributed by atoms with van der Waals surface area (Å²) in [4.78, 5) is 37.2. The summed E-state index contributed by atoms with van der Waals surface area (Å²) in [6.07, 6.45) is 0.0798. The third kappa shape index (κ3) is 3.42. The van der Waals surface area contributed by atoms with Crippen molar-refractivity contribution in [3.63, 3.8) is 0 Å². The second kappa shape index (κ2) is 5.48. The molecule has 1 heterocycles. The van der Waals surface area contributed by atoms with Crippen LogP contribution in [0.5, 0.6) is 0 Å². The largest absolute Gasteiger partial charge is 0.351 e. The van der Waals surface area contributed by atoms with Crippen molar-refractivity contribution >= 4 is 29.3 Å². The molecule has 5 nitrogen and oxygen atoms in total. The molecule has 0 fully saturated rings. The smallest absolute Gasteiger partial charge is 0.261 e. The second-order valence-corrected chi connectivity index (χ2v) is 6.44. The number of rotatable bonds is 3. The summed E-state index contributed by atoms with van der Waals surface area (Å²) in [5, 5.41) is 3.20. The molecule has 0 atom stereocenters. The van der Waals surface area contributed by atoms with E-state index in [0.717, 1.165) is 4.90 Å². The molecule has 1 N–H and O–H groups in total. The molecular weight excluding hydrogens is 292 g/mol. The summed E-state index contributed by atoms with van der Waals surface area (Å²) in [7, 11) is 0. The number of imide groups is 1. The molecule has 3 amide bonds. The van der Waals surface area contributed by atoms with Gasteiger partial charge in [0.15, 0.2) is 0 Å². The monoisotopic (exact) mass is 308 g/mol. The zero-order chi connectivity index (χ0) is 15.8. The highest BCUT2D eigenvalue weighted by molar-refractivity contribution is 6.32. The van der Waals surface area contributed by atoms with E-state index in [-0.39, 0.29) is 30.3 Å². The van der Waals surface area contributed by atoms with Crippen molar-refractivity contribution in [2.75, 3.05) is 6.54 Å². The van der Waals surface area contributed by atoms with Crippen LogP contribution in [0.2, 0.25) is 5.02 Å². The maximum absolute atomic E-state index is 12.2. The summed E-state index contributed by atoms with van der Waals surface area (Å²) >= 11 is 5.84. The van der Waals surface area contributed by atoms with Crippen molar-refractivity contribution in [3.05, 3.63) is 34.3 Å². The van der Waals surface area contributed by atoms with Crippen molar-refractivity contribution < 1.29 is 14.4 Å². The van der Waals surface area contributed by atoms with Crippen molar-refractivity contribution in [1.29, 1.82) is 0 Å². The van der Waals surface area contributed by atoms with E-state index in [0.29, 0.717) is 16.1 Å². The molecule has 112 valence electrons. The van der Waals surface area contributed by atoms with Crippen LogP contribution in [0.4, 0.5) is 0 Å². The van der Waals surface area contributed by atoms with Crippen LogP contribution in [0.25, 0.3) is 0 Å². The first-order valence-corrected chi connectivity index (χ1v) is 7.03. The molecule has 2 rings (SSSR count). The van der Waals surface area contributed by atoms with E-state index >= 15 is 0 Å². The van der Waals surface area contributed by atoms with Gasteiger partial charge >= 0.3 is 0 Å². The van der Waals surface area contributed by atoms with Crippen molar-refractivity contribution in [2.24, 2.45) is 0 Å². The summed E-state index contributed by atoms with van der Waals surface area (Å²) in [5.74, 6) is -0.978. The van der Waals surface area contributed by atoms with Gasteiger partial charge in [0.1, 0.15) is 0 Å². The molecule has 21 heavy (non-hydrogen) atoms. The lowest BCUT2D eigenvalue weighted by atomic mass is 10.1. The molecule has 0 saturated carbocycles. The van der Waals surface area contributed by atoms with Crippen LogP contribution in [0.3, 0.4) is 0 Å². The average molecular weight is 309 g/mol. The molecule has 0 aliphatic carbocycles. The van der Waals surface area contributed by atoms with E-state index in [1.807, 2.05) is 20.8 Å². The SMILES string of the molecule is CC(C)(C)NC(=O)CCN1C(=O)c2ccc(Cl)cc2C1=O. The molecule has 6 heteroatoms. The van der Waals surface area contributed by atoms with E-state index in [9.17, 15) is 14.4 Å². The third-order valence-corrected chi connectivity index (χ3v) is 3.24. The normalized spacial score (nSPS) is 14.4. The summed E-state index contributed by atoms with van der Waals surface area (Å²) in [6, 6.07) is 4.58. The molecule has 1 aromatic carbocycles. The number of carbonyl (C=O) groups is 3. The third-order valence-electron chi connectivity index (χ3n) is 3.01. The molecule has 1 aliphatic rings. The van der Waals surface area contributed by atoms with Gasteiger partial charge in [-0.1, -0.05) is 11.6 Å². The molecule has 0 unspecified atom stereocenters. The van der Waals surface area contributed by atoms with Crippen LogP contribution in [0.15, 0.2) is 18.2 Å². The Kier molecular flexibility index (Phi) is 4.05. The van der Waals surface area contributed by atoms with Gasteiger partial charge in [-0.15, -0.1) is 0 Å². The fourth-order valence-electron chi connectivity index (χ4n) is 2.16. The predicted octanol–water partition coefficient (Wildman–Crippen LogP) is 2.24. The van der Waals surface area contributed by atoms with Crippen LogP contribution in [0, 0.1) is 0 Å². The fraction of sp³-hybridized carbons (Fsp3) is 0.400. The van der Waals surface area contributed by atoms with Gasteiger partial charge in [-0.25, -0.2) is 0 Å². The molecule has 0 bridgehead atoms. The summed E-state index contributed by atoms with van der Waals surface area (Å²) in [5.41, 5.74) is 0.288. The van der Waals surface area contributed by atoms with Gasteiger partial charge in [0.25, 0.3) is 11.8 Å². The minimum absolute atomic E-state index is 0.0614. The molecule has 0 aromatic heterocycles. The minimum Gasteiger partial charge on any atom is -0.351 e. The van der Waals surface area contributed by atoms with Gasteiger partial charge in [-0.3, -0.25) is 19.3 Å². The first-order chi connectivity index (χ1) is 9.69. The molecule has 1 aliphatic heterocycles. The maximum Gasteiger partial charge on any atom is 0.261 e. The Bertz CT molecular complexity index is 620. The Hall–Kier alpha value is -1.88. The number of amides is 3. The van der Waals surface area contributed by atoms with E-state index in [4.69, 9.17) is 11.6 Å². The second-order valence-electron chi connectivity index (χ2n) is 6.00. The number of hydrogen-bond acceptors (Lipinski definition) is 3. The number of carbonyl (C=O) groups excluding carboxylic acids is 3. The Morgan fingerprint density at radius 1 is 1.19 bits per heavy atom. The van der Waals surface area contributed by atoms with Crippen LogP contribution >= 0.6 is 11.6 Å². The quantitative estimate of drug-likeness (QED) is 0.871. The van der Waals surface area contributed by atoms with Crippen molar-refractivity contribution in [1.82, 2.24) is 10.2 Å². The zero-order valence-corrected chi connectivity index (χ0v) is 13.0. The lowest BCUT2D eigenvalue weighted by Crippen LogP contribution is -2.42. The van der Waals surface area contributed by atoms with Gasteiger partial charge in [-0.05, 0) is 39.0 Å². The van der Waals surface area contributed by atoms with Gasteiger partial charge < -0.3 is 5.32 Å². The van der Waals surface area contributed by atoms with E-state index in [1.54, 1.807) is 6.07 Å². The number of halogens is 1. The lowest BCUT2D eigenvalue weighted by Gasteiger charge is -2.21. The molecular formula is C15H17ClN2O3. The maximum atomic E-state index is 12.2. The Labute approximate surface area is 128 Å². The Morgan fingerprint density at radius 2 is 1.81 bits per heavy atom. The average Bonchev–Trinajstić information content (AvgIpc) is 2.57. The van der Waals surface area contributed by atoms with Gasteiger partial charge in [-0.2, -0.15) is 0 Å². The van der Waals surface area contributed by atoms with E-state index < -0.39 is 5.91 Å². The summed E-state index contributed by atoms with van der Waals surface area (Å²) < 4.78 is 0. The zero-order valence-electron chi connectivity index (χ0n) is 12.2. The highest BCUT2D eigenvalue weighted by Gasteiger charge is 2.35. The first-order valence-electron chi connectivity index (χ1n) is 6.66. The van der Waals surface area contributed by atoms with Crippen LogP contribution in [-0.2, 0) is 4.79 Å². The first kappa shape index (κ1) is 15.5. The Morgan fingerprint density at radius 3 is 2.43 bits per heavy atom. The minimum atomic E-state index is -0.402. The number of nitrogens with zero attached hydrogens (tertiary/aromatic N) is 1.